The Balaban J connectivity index is 2.14. The smallest absolute Gasteiger partial charge is 0.411 e. The van der Waals surface area contributed by atoms with Crippen LogP contribution in [-0.2, 0) is 6.18 Å². The summed E-state index contributed by atoms with van der Waals surface area (Å²) in [7, 11) is 0. The minimum atomic E-state index is -4.42. The zero-order chi connectivity index (χ0) is 19.1. The number of hydrogen-bond donors (Lipinski definition) is 2. The number of oxime groups is 1. The summed E-state index contributed by atoms with van der Waals surface area (Å²) in [6.45, 7) is 3.31. The van der Waals surface area contributed by atoms with Crippen LogP contribution in [0.4, 0.5) is 13.2 Å². The summed E-state index contributed by atoms with van der Waals surface area (Å²) in [5.41, 5.74) is -0.302. The van der Waals surface area contributed by atoms with Crippen LogP contribution in [0.15, 0.2) is 34.2 Å². The number of aryl methyl sites for hydroxylation is 1. The monoisotopic (exact) mass is 365 g/mol. The number of benzene rings is 1. The van der Waals surface area contributed by atoms with Gasteiger partial charge in [0.15, 0.2) is 5.65 Å². The molecule has 7 nitrogen and oxygen atoms in total. The molecule has 3 rings (SSSR count). The number of nitrogens with one attached hydrogen (secondary N) is 1. The highest BCUT2D eigenvalue weighted by molar-refractivity contribution is 5.94. The Kier molecular flexibility index (Phi) is 4.26. The number of H-pyrrole nitrogens is 1. The topological polar surface area (TPSA) is 96.2 Å². The molecule has 10 heteroatoms. The summed E-state index contributed by atoms with van der Waals surface area (Å²) in [5, 5.41) is 16.0. The third kappa shape index (κ3) is 3.05. The van der Waals surface area contributed by atoms with E-state index in [-0.39, 0.29) is 16.7 Å². The van der Waals surface area contributed by atoms with E-state index in [9.17, 15) is 18.0 Å². The van der Waals surface area contributed by atoms with Crippen molar-refractivity contribution in [3.05, 3.63) is 57.3 Å². The van der Waals surface area contributed by atoms with Gasteiger partial charge >= 0.3 is 6.18 Å². The maximum atomic E-state index is 12.7. The first-order chi connectivity index (χ1) is 12.2. The molecule has 0 spiro atoms. The maximum absolute atomic E-state index is 12.7. The average Bonchev–Trinajstić information content (AvgIpc) is 2.92. The number of fused-ring (bicyclic) bond motifs is 1. The fraction of sp³-hybridized carbons (Fsp3) is 0.250. The molecule has 1 unspecified atom stereocenters. The first kappa shape index (κ1) is 17.6. The largest absolute Gasteiger partial charge is 0.416 e. The Morgan fingerprint density at radius 3 is 2.54 bits per heavy atom. The summed E-state index contributed by atoms with van der Waals surface area (Å²) in [4.78, 5) is 19.0. The van der Waals surface area contributed by atoms with E-state index in [1.807, 2.05) is 0 Å². The lowest BCUT2D eigenvalue weighted by atomic mass is 10.1. The lowest BCUT2D eigenvalue weighted by molar-refractivity contribution is -0.137. The summed E-state index contributed by atoms with van der Waals surface area (Å²) in [5.74, 6) is 0.357. The highest BCUT2D eigenvalue weighted by atomic mass is 19.4. The summed E-state index contributed by atoms with van der Waals surface area (Å²) in [6.07, 6.45) is -3.42. The van der Waals surface area contributed by atoms with Gasteiger partial charge in [-0.25, -0.2) is 9.67 Å². The van der Waals surface area contributed by atoms with Crippen molar-refractivity contribution < 1.29 is 18.4 Å². The highest BCUT2D eigenvalue weighted by Crippen LogP contribution is 2.30. The van der Waals surface area contributed by atoms with Crippen LogP contribution >= 0.6 is 0 Å². The second kappa shape index (κ2) is 6.28. The van der Waals surface area contributed by atoms with Gasteiger partial charge in [-0.3, -0.25) is 4.79 Å². The average molecular weight is 365 g/mol. The van der Waals surface area contributed by atoms with Gasteiger partial charge in [0, 0.05) is 0 Å². The van der Waals surface area contributed by atoms with Crippen LogP contribution in [0.2, 0.25) is 0 Å². The molecule has 0 amide bonds. The number of alkyl halides is 3. The fourth-order valence-corrected chi connectivity index (χ4v) is 2.69. The van der Waals surface area contributed by atoms with Crippen LogP contribution < -0.4 is 5.56 Å². The van der Waals surface area contributed by atoms with Gasteiger partial charge in [0.2, 0.25) is 0 Å². The Morgan fingerprint density at radius 1 is 1.31 bits per heavy atom. The van der Waals surface area contributed by atoms with E-state index in [0.29, 0.717) is 11.4 Å². The zero-order valence-electron chi connectivity index (χ0n) is 13.7. The Hall–Kier alpha value is -3.17. The van der Waals surface area contributed by atoms with Crippen LogP contribution in [-0.4, -0.2) is 31.2 Å². The molecule has 0 fully saturated rings. The number of hydrogen-bond acceptors (Lipinski definition) is 5. The molecule has 0 aliphatic rings. The predicted molar refractivity (Wildman–Crippen MR) is 87.5 cm³/mol. The minimum absolute atomic E-state index is 0.106. The molecular weight excluding hydrogens is 351 g/mol. The molecule has 2 N–H and O–H groups in total. The van der Waals surface area contributed by atoms with Crippen LogP contribution in [0.1, 0.15) is 35.6 Å². The number of halogens is 3. The molecule has 0 radical (unpaired) electrons. The second-order valence-corrected chi connectivity index (χ2v) is 5.72. The van der Waals surface area contributed by atoms with Crippen LogP contribution in [0.3, 0.4) is 0 Å². The third-order valence-corrected chi connectivity index (χ3v) is 3.97. The summed E-state index contributed by atoms with van der Waals surface area (Å²) < 4.78 is 39.6. The Labute approximate surface area is 144 Å². The summed E-state index contributed by atoms with van der Waals surface area (Å²) in [6, 6.07) is 4.16. The van der Waals surface area contributed by atoms with Crippen molar-refractivity contribution in [2.75, 3.05) is 0 Å². The fourth-order valence-electron chi connectivity index (χ4n) is 2.69. The molecule has 0 aliphatic carbocycles. The molecule has 1 atom stereocenters. The van der Waals surface area contributed by atoms with Gasteiger partial charge in [-0.1, -0.05) is 17.3 Å². The molecule has 2 heterocycles. The van der Waals surface area contributed by atoms with Gasteiger partial charge in [0.1, 0.15) is 16.9 Å². The lowest BCUT2D eigenvalue weighted by Crippen LogP contribution is -2.13. The maximum Gasteiger partial charge on any atom is 0.416 e. The van der Waals surface area contributed by atoms with E-state index in [4.69, 9.17) is 5.21 Å². The number of nitrogens with zero attached hydrogens (tertiary/aromatic N) is 4. The normalized spacial score (nSPS) is 13.6. The molecule has 136 valence electrons. The molecule has 0 saturated heterocycles. The molecule has 3 aromatic rings. The molecule has 2 aromatic heterocycles. The SMILES string of the molecule is Cc1nc2c(c(/C=N\O)nn2C(C)c2ccc(C(F)(F)F)cc2)c(=O)[nH]1. The lowest BCUT2D eigenvalue weighted by Gasteiger charge is -2.15. The van der Waals surface area contributed by atoms with Crippen LogP contribution in [0, 0.1) is 6.92 Å². The van der Waals surface area contributed by atoms with Crippen molar-refractivity contribution in [1.29, 1.82) is 0 Å². The van der Waals surface area contributed by atoms with Gasteiger partial charge in [-0.05, 0) is 31.5 Å². The molecular formula is C16H14F3N5O2. The van der Waals surface area contributed by atoms with E-state index >= 15 is 0 Å². The van der Waals surface area contributed by atoms with Crippen molar-refractivity contribution in [3.8, 4) is 0 Å². The number of rotatable bonds is 3. The van der Waals surface area contributed by atoms with Gasteiger partial charge in [-0.15, -0.1) is 0 Å². The van der Waals surface area contributed by atoms with Crippen LogP contribution in [0.5, 0.6) is 0 Å². The second-order valence-electron chi connectivity index (χ2n) is 5.72. The quantitative estimate of drug-likeness (QED) is 0.424. The molecule has 1 aromatic carbocycles. The Bertz CT molecular complexity index is 1030. The Morgan fingerprint density at radius 2 is 1.96 bits per heavy atom. The zero-order valence-corrected chi connectivity index (χ0v) is 13.7. The minimum Gasteiger partial charge on any atom is -0.411 e. The van der Waals surface area contributed by atoms with Gasteiger partial charge in [0.25, 0.3) is 5.56 Å². The number of aromatic nitrogens is 4. The van der Waals surface area contributed by atoms with E-state index in [1.54, 1.807) is 13.8 Å². The van der Waals surface area contributed by atoms with Crippen molar-refractivity contribution >= 4 is 17.2 Å². The van der Waals surface area contributed by atoms with E-state index in [0.717, 1.165) is 18.3 Å². The van der Waals surface area contributed by atoms with Crippen molar-refractivity contribution in [2.24, 2.45) is 5.16 Å². The predicted octanol–water partition coefficient (Wildman–Crippen LogP) is 2.86. The van der Waals surface area contributed by atoms with Gasteiger partial charge in [-0.2, -0.15) is 18.3 Å². The standard InChI is InChI=1S/C16H14F3N5O2/c1-8(10-3-5-11(6-4-10)16(17,18)19)24-14-13(12(23-24)7-20-26)15(25)22-9(2)21-14/h3-8,26H,1-2H3,(H,21,22,25)/b20-7-. The third-order valence-electron chi connectivity index (χ3n) is 3.97. The first-order valence-electron chi connectivity index (χ1n) is 7.56. The molecule has 0 aliphatic heterocycles. The van der Waals surface area contributed by atoms with Crippen molar-refractivity contribution in [2.45, 2.75) is 26.1 Å². The van der Waals surface area contributed by atoms with Crippen LogP contribution in [0.25, 0.3) is 11.0 Å². The highest BCUT2D eigenvalue weighted by Gasteiger charge is 2.30. The van der Waals surface area contributed by atoms with E-state index < -0.39 is 23.3 Å². The molecule has 0 saturated carbocycles. The number of aromatic amines is 1. The van der Waals surface area contributed by atoms with E-state index in [1.165, 1.54) is 16.8 Å². The van der Waals surface area contributed by atoms with Crippen molar-refractivity contribution in [3.63, 3.8) is 0 Å². The van der Waals surface area contributed by atoms with E-state index in [2.05, 4.69) is 20.2 Å². The molecule has 26 heavy (non-hydrogen) atoms. The van der Waals surface area contributed by atoms with Crippen molar-refractivity contribution in [1.82, 2.24) is 19.7 Å². The summed E-state index contributed by atoms with van der Waals surface area (Å²) >= 11 is 0. The first-order valence-corrected chi connectivity index (χ1v) is 7.56. The van der Waals surface area contributed by atoms with Gasteiger partial charge < -0.3 is 10.2 Å². The van der Waals surface area contributed by atoms with Gasteiger partial charge in [0.05, 0.1) is 17.8 Å². The molecule has 0 bridgehead atoms.